The van der Waals surface area contributed by atoms with Crippen molar-refractivity contribution in [2.75, 3.05) is 33.3 Å². The molecule has 2 unspecified atom stereocenters. The van der Waals surface area contributed by atoms with Gasteiger partial charge in [0.1, 0.15) is 0 Å². The summed E-state index contributed by atoms with van der Waals surface area (Å²) in [6, 6.07) is 2.72. The van der Waals surface area contributed by atoms with Gasteiger partial charge in [-0.05, 0) is 38.1 Å². The van der Waals surface area contributed by atoms with Crippen molar-refractivity contribution in [1.82, 2.24) is 14.8 Å². The van der Waals surface area contributed by atoms with E-state index in [4.69, 9.17) is 4.74 Å². The first-order valence-corrected chi connectivity index (χ1v) is 7.92. The molecule has 2 rings (SSSR count). The molecule has 0 saturated carbocycles. The van der Waals surface area contributed by atoms with Gasteiger partial charge in [0, 0.05) is 38.1 Å². The Kier molecular flexibility index (Phi) is 6.07. The minimum absolute atomic E-state index is 0.317. The van der Waals surface area contributed by atoms with Gasteiger partial charge in [0.05, 0.1) is 12.7 Å². The summed E-state index contributed by atoms with van der Waals surface area (Å²) in [4.78, 5) is 2.34. The fourth-order valence-electron chi connectivity index (χ4n) is 2.81. The molecule has 0 aliphatic carbocycles. The molecule has 4 nitrogen and oxygen atoms in total. The molecule has 1 fully saturated rings. The van der Waals surface area contributed by atoms with Crippen molar-refractivity contribution in [3.8, 4) is 0 Å². The Morgan fingerprint density at radius 3 is 3.00 bits per heavy atom. The van der Waals surface area contributed by atoms with E-state index in [0.717, 1.165) is 39.2 Å². The lowest BCUT2D eigenvalue weighted by molar-refractivity contribution is -0.0274. The normalized spacial score (nSPS) is 22.1. The third kappa shape index (κ3) is 4.33. The molecule has 1 aromatic rings. The molecule has 114 valence electrons. The Morgan fingerprint density at radius 1 is 1.45 bits per heavy atom. The van der Waals surface area contributed by atoms with E-state index in [1.165, 1.54) is 12.0 Å². The van der Waals surface area contributed by atoms with E-state index in [2.05, 4.69) is 54.1 Å². The molecule has 0 bridgehead atoms. The Balaban J connectivity index is 1.90. The van der Waals surface area contributed by atoms with Crippen LogP contribution < -0.4 is 5.32 Å². The zero-order valence-electron chi connectivity index (χ0n) is 13.1. The highest BCUT2D eigenvalue weighted by Crippen LogP contribution is 2.17. The van der Waals surface area contributed by atoms with Crippen LogP contribution in [0.5, 0.6) is 0 Å². The first-order valence-electron chi connectivity index (χ1n) is 7.92. The van der Waals surface area contributed by atoms with E-state index in [9.17, 15) is 0 Å². The molecular weight excluding hydrogens is 250 g/mol. The van der Waals surface area contributed by atoms with Crippen molar-refractivity contribution in [2.24, 2.45) is 0 Å². The van der Waals surface area contributed by atoms with Gasteiger partial charge in [0.2, 0.25) is 0 Å². The number of likely N-dealkylation sites (N-methyl/N-ethyl adjacent to an activating group) is 1. The summed E-state index contributed by atoms with van der Waals surface area (Å²) in [7, 11) is 2.17. The highest BCUT2D eigenvalue weighted by Gasteiger charge is 2.18. The SMILES string of the molecule is CCCNC(CC)c1ccn(CC2CN(C)CCO2)c1. The molecule has 2 heterocycles. The standard InChI is InChI=1S/C16H29N3O/c1-4-7-17-16(5-2)14-6-8-19(11-14)13-15-12-18(3)9-10-20-15/h6,8,11,15-17H,4-5,7,9-10,12-13H2,1-3H3. The van der Waals surface area contributed by atoms with E-state index in [-0.39, 0.29) is 0 Å². The molecule has 1 saturated heterocycles. The summed E-state index contributed by atoms with van der Waals surface area (Å²) >= 11 is 0. The number of rotatable bonds is 7. The van der Waals surface area contributed by atoms with E-state index >= 15 is 0 Å². The maximum atomic E-state index is 5.84. The topological polar surface area (TPSA) is 29.4 Å². The minimum atomic E-state index is 0.317. The molecule has 4 heteroatoms. The predicted molar refractivity (Wildman–Crippen MR) is 83.0 cm³/mol. The summed E-state index contributed by atoms with van der Waals surface area (Å²) in [5, 5.41) is 3.61. The Bertz CT molecular complexity index is 391. The van der Waals surface area contributed by atoms with Gasteiger partial charge >= 0.3 is 0 Å². The number of hydrogen-bond acceptors (Lipinski definition) is 3. The average molecular weight is 279 g/mol. The summed E-state index contributed by atoms with van der Waals surface area (Å²) in [5.74, 6) is 0. The van der Waals surface area contributed by atoms with Crippen LogP contribution in [0.4, 0.5) is 0 Å². The minimum Gasteiger partial charge on any atom is -0.374 e. The van der Waals surface area contributed by atoms with Crippen molar-refractivity contribution in [3.05, 3.63) is 24.0 Å². The maximum absolute atomic E-state index is 5.84. The van der Waals surface area contributed by atoms with Crippen LogP contribution in [0.2, 0.25) is 0 Å². The van der Waals surface area contributed by atoms with Crippen LogP contribution >= 0.6 is 0 Å². The van der Waals surface area contributed by atoms with Crippen molar-refractivity contribution >= 4 is 0 Å². The highest BCUT2D eigenvalue weighted by molar-refractivity contribution is 5.15. The van der Waals surface area contributed by atoms with Crippen LogP contribution in [0.15, 0.2) is 18.5 Å². The molecule has 1 aliphatic heterocycles. The highest BCUT2D eigenvalue weighted by atomic mass is 16.5. The summed E-state index contributed by atoms with van der Waals surface area (Å²) < 4.78 is 8.11. The van der Waals surface area contributed by atoms with Gasteiger partial charge in [-0.25, -0.2) is 0 Å². The third-order valence-electron chi connectivity index (χ3n) is 3.98. The second-order valence-corrected chi connectivity index (χ2v) is 5.81. The van der Waals surface area contributed by atoms with Crippen molar-refractivity contribution < 1.29 is 4.74 Å². The van der Waals surface area contributed by atoms with Gasteiger partial charge in [0.25, 0.3) is 0 Å². The van der Waals surface area contributed by atoms with Crippen molar-refractivity contribution in [1.29, 1.82) is 0 Å². The van der Waals surface area contributed by atoms with E-state index < -0.39 is 0 Å². The lowest BCUT2D eigenvalue weighted by atomic mass is 10.1. The molecule has 1 aliphatic rings. The number of nitrogens with zero attached hydrogens (tertiary/aromatic N) is 2. The Hall–Kier alpha value is -0.840. The zero-order valence-corrected chi connectivity index (χ0v) is 13.1. The molecule has 1 N–H and O–H groups in total. The van der Waals surface area contributed by atoms with Crippen LogP contribution in [-0.2, 0) is 11.3 Å². The molecule has 0 aromatic carbocycles. The smallest absolute Gasteiger partial charge is 0.0880 e. The second kappa shape index (κ2) is 7.81. The lowest BCUT2D eigenvalue weighted by Crippen LogP contribution is -2.41. The lowest BCUT2D eigenvalue weighted by Gasteiger charge is -2.30. The number of morpholine rings is 1. The van der Waals surface area contributed by atoms with Crippen molar-refractivity contribution in [2.45, 2.75) is 45.4 Å². The van der Waals surface area contributed by atoms with Crippen LogP contribution in [0.1, 0.15) is 38.3 Å². The average Bonchev–Trinajstić information content (AvgIpc) is 2.88. The molecule has 0 amide bonds. The van der Waals surface area contributed by atoms with Gasteiger partial charge < -0.3 is 19.5 Å². The van der Waals surface area contributed by atoms with E-state index in [0.29, 0.717) is 12.1 Å². The predicted octanol–water partition coefficient (Wildman–Crippen LogP) is 2.27. The van der Waals surface area contributed by atoms with Gasteiger partial charge in [-0.1, -0.05) is 13.8 Å². The van der Waals surface area contributed by atoms with Gasteiger partial charge in [-0.15, -0.1) is 0 Å². The monoisotopic (exact) mass is 279 g/mol. The van der Waals surface area contributed by atoms with Crippen LogP contribution in [-0.4, -0.2) is 48.9 Å². The summed E-state index contributed by atoms with van der Waals surface area (Å²) in [5.41, 5.74) is 1.39. The maximum Gasteiger partial charge on any atom is 0.0880 e. The first-order chi connectivity index (χ1) is 9.72. The van der Waals surface area contributed by atoms with E-state index in [1.807, 2.05) is 0 Å². The largest absolute Gasteiger partial charge is 0.374 e. The number of ether oxygens (including phenoxy) is 1. The quantitative estimate of drug-likeness (QED) is 0.830. The van der Waals surface area contributed by atoms with Crippen LogP contribution in [0, 0.1) is 0 Å². The van der Waals surface area contributed by atoms with Crippen LogP contribution in [0.3, 0.4) is 0 Å². The van der Waals surface area contributed by atoms with Crippen molar-refractivity contribution in [3.63, 3.8) is 0 Å². The Morgan fingerprint density at radius 2 is 2.30 bits per heavy atom. The fourth-order valence-corrected chi connectivity index (χ4v) is 2.81. The molecule has 1 aromatic heterocycles. The van der Waals surface area contributed by atoms with Gasteiger partial charge in [0.15, 0.2) is 0 Å². The first kappa shape index (κ1) is 15.5. The number of nitrogens with one attached hydrogen (secondary N) is 1. The van der Waals surface area contributed by atoms with E-state index in [1.54, 1.807) is 0 Å². The summed E-state index contributed by atoms with van der Waals surface area (Å²) in [6.45, 7) is 9.41. The summed E-state index contributed by atoms with van der Waals surface area (Å²) in [6.07, 6.45) is 7.09. The van der Waals surface area contributed by atoms with Crippen LogP contribution in [0.25, 0.3) is 0 Å². The number of hydrogen-bond donors (Lipinski definition) is 1. The van der Waals surface area contributed by atoms with Gasteiger partial charge in [-0.3, -0.25) is 0 Å². The third-order valence-corrected chi connectivity index (χ3v) is 3.98. The molecular formula is C16H29N3O. The van der Waals surface area contributed by atoms with Gasteiger partial charge in [-0.2, -0.15) is 0 Å². The molecule has 0 radical (unpaired) electrons. The molecule has 20 heavy (non-hydrogen) atoms. The number of aromatic nitrogens is 1. The molecule has 2 atom stereocenters. The molecule has 0 spiro atoms. The fraction of sp³-hybridized carbons (Fsp3) is 0.750. The zero-order chi connectivity index (χ0) is 14.4. The Labute approximate surface area is 123 Å². The second-order valence-electron chi connectivity index (χ2n) is 5.81.